The zero-order valence-electron chi connectivity index (χ0n) is 14.2. The number of carbonyl (C=O) groups excluding carboxylic acids is 1. The largest absolute Gasteiger partial charge is 0.488 e. The number of rotatable bonds is 7. The minimum atomic E-state index is -0.671. The predicted octanol–water partition coefficient (Wildman–Crippen LogP) is 4.79. The van der Waals surface area contributed by atoms with Crippen LogP contribution in [0.4, 0.5) is 0 Å². The molecule has 2 rings (SSSR count). The van der Waals surface area contributed by atoms with E-state index in [4.69, 9.17) is 15.0 Å². The number of esters is 1. The van der Waals surface area contributed by atoms with Crippen molar-refractivity contribution in [3.05, 3.63) is 81.4 Å². The number of carbonyl (C=O) groups is 1. The highest BCUT2D eigenvalue weighted by Gasteiger charge is 2.11. The second kappa shape index (κ2) is 9.15. The third kappa shape index (κ3) is 5.41. The Kier molecular flexibility index (Phi) is 6.63. The van der Waals surface area contributed by atoms with Crippen LogP contribution in [0.3, 0.4) is 0 Å². The van der Waals surface area contributed by atoms with Crippen molar-refractivity contribution in [3.8, 4) is 5.75 Å². The Bertz CT molecular complexity index is 810. The van der Waals surface area contributed by atoms with Crippen LogP contribution >= 0.6 is 0 Å². The molecule has 0 aliphatic heterocycles. The first-order valence-corrected chi connectivity index (χ1v) is 7.85. The van der Waals surface area contributed by atoms with Gasteiger partial charge in [-0.2, -0.15) is 0 Å². The van der Waals surface area contributed by atoms with Gasteiger partial charge in [0.2, 0.25) is 0 Å². The van der Waals surface area contributed by atoms with Gasteiger partial charge in [-0.1, -0.05) is 47.6 Å². The molecule has 0 heterocycles. The van der Waals surface area contributed by atoms with E-state index < -0.39 is 5.97 Å². The van der Waals surface area contributed by atoms with Crippen molar-refractivity contribution in [1.29, 1.82) is 0 Å². The summed E-state index contributed by atoms with van der Waals surface area (Å²) in [5.41, 5.74) is 11.2. The average molecular weight is 337 g/mol. The van der Waals surface area contributed by atoms with Crippen molar-refractivity contribution in [2.75, 3.05) is 6.61 Å². The number of azide groups is 1. The lowest BCUT2D eigenvalue weighted by Crippen LogP contribution is -2.06. The second-order valence-corrected chi connectivity index (χ2v) is 5.26. The van der Waals surface area contributed by atoms with Crippen LogP contribution < -0.4 is 4.74 Å². The molecule has 6 nitrogen and oxygen atoms in total. The van der Waals surface area contributed by atoms with Gasteiger partial charge in [-0.25, -0.2) is 4.79 Å². The molecule has 0 spiro atoms. The van der Waals surface area contributed by atoms with E-state index >= 15 is 0 Å². The summed E-state index contributed by atoms with van der Waals surface area (Å²) in [5, 5.41) is 3.43. The van der Waals surface area contributed by atoms with E-state index in [0.717, 1.165) is 11.1 Å². The van der Waals surface area contributed by atoms with E-state index in [1.165, 1.54) is 6.08 Å². The molecule has 6 heteroatoms. The van der Waals surface area contributed by atoms with E-state index in [0.29, 0.717) is 17.9 Å². The Morgan fingerprint density at radius 2 is 2.00 bits per heavy atom. The number of benzene rings is 2. The summed E-state index contributed by atoms with van der Waals surface area (Å²) in [6.45, 7) is 4.22. The van der Waals surface area contributed by atoms with Crippen molar-refractivity contribution < 1.29 is 14.3 Å². The average Bonchev–Trinajstić information content (AvgIpc) is 2.62. The quantitative estimate of drug-likeness (QED) is 0.239. The van der Waals surface area contributed by atoms with Gasteiger partial charge in [-0.05, 0) is 42.6 Å². The molecule has 0 amide bonds. The minimum Gasteiger partial charge on any atom is -0.488 e. The number of ether oxygens (including phenoxy) is 2. The van der Waals surface area contributed by atoms with E-state index in [1.807, 2.05) is 55.5 Å². The number of hydrogen-bond donors (Lipinski definition) is 0. The second-order valence-electron chi connectivity index (χ2n) is 5.26. The smallest absolute Gasteiger partial charge is 0.340 e. The first kappa shape index (κ1) is 18.1. The van der Waals surface area contributed by atoms with Gasteiger partial charge in [0.15, 0.2) is 0 Å². The van der Waals surface area contributed by atoms with Gasteiger partial charge >= 0.3 is 5.97 Å². The molecule has 0 radical (unpaired) electrons. The first-order valence-electron chi connectivity index (χ1n) is 7.85. The summed E-state index contributed by atoms with van der Waals surface area (Å²) in [6, 6.07) is 15.3. The SMILES string of the molecule is CCOC(=O)/C(=C/c1ccc(C)cc1OCc1ccccc1)N=[N+]=[N-]. The molecule has 25 heavy (non-hydrogen) atoms. The lowest BCUT2D eigenvalue weighted by molar-refractivity contribution is -0.138. The summed E-state index contributed by atoms with van der Waals surface area (Å²) < 4.78 is 10.8. The molecule has 0 unspecified atom stereocenters. The van der Waals surface area contributed by atoms with Crippen molar-refractivity contribution in [2.24, 2.45) is 5.11 Å². The Hall–Kier alpha value is -3.24. The maximum Gasteiger partial charge on any atom is 0.340 e. The molecule has 2 aromatic carbocycles. The van der Waals surface area contributed by atoms with Crippen LogP contribution in [-0.4, -0.2) is 12.6 Å². The zero-order valence-corrected chi connectivity index (χ0v) is 14.2. The molecular weight excluding hydrogens is 318 g/mol. The molecule has 0 aromatic heterocycles. The normalized spacial score (nSPS) is 10.7. The van der Waals surface area contributed by atoms with Crippen LogP contribution in [0, 0.1) is 6.92 Å². The van der Waals surface area contributed by atoms with Crippen LogP contribution in [0.15, 0.2) is 59.3 Å². The van der Waals surface area contributed by atoms with Crippen molar-refractivity contribution in [3.63, 3.8) is 0 Å². The Labute approximate surface area is 146 Å². The first-order chi connectivity index (χ1) is 12.1. The summed E-state index contributed by atoms with van der Waals surface area (Å²) in [7, 11) is 0. The van der Waals surface area contributed by atoms with Gasteiger partial charge in [-0.15, -0.1) is 0 Å². The molecule has 0 fully saturated rings. The van der Waals surface area contributed by atoms with E-state index in [2.05, 4.69) is 10.0 Å². The van der Waals surface area contributed by atoms with Crippen LogP contribution in [-0.2, 0) is 16.1 Å². The van der Waals surface area contributed by atoms with Gasteiger partial charge in [-0.3, -0.25) is 0 Å². The van der Waals surface area contributed by atoms with E-state index in [9.17, 15) is 4.79 Å². The molecule has 128 valence electrons. The van der Waals surface area contributed by atoms with Gasteiger partial charge in [0.25, 0.3) is 0 Å². The van der Waals surface area contributed by atoms with Gasteiger partial charge < -0.3 is 9.47 Å². The topological polar surface area (TPSA) is 84.3 Å². The van der Waals surface area contributed by atoms with Crippen molar-refractivity contribution in [1.82, 2.24) is 0 Å². The van der Waals surface area contributed by atoms with E-state index in [1.54, 1.807) is 6.92 Å². The summed E-state index contributed by atoms with van der Waals surface area (Å²) >= 11 is 0. The fourth-order valence-electron chi connectivity index (χ4n) is 2.15. The molecule has 0 saturated heterocycles. The predicted molar refractivity (Wildman–Crippen MR) is 95.7 cm³/mol. The number of hydrogen-bond acceptors (Lipinski definition) is 4. The van der Waals surface area contributed by atoms with Crippen molar-refractivity contribution >= 4 is 12.0 Å². The molecule has 0 N–H and O–H groups in total. The fourth-order valence-corrected chi connectivity index (χ4v) is 2.15. The monoisotopic (exact) mass is 337 g/mol. The van der Waals surface area contributed by atoms with Crippen LogP contribution in [0.2, 0.25) is 0 Å². The fraction of sp³-hybridized carbons (Fsp3) is 0.211. The molecule has 0 atom stereocenters. The van der Waals surface area contributed by atoms with Crippen LogP contribution in [0.1, 0.15) is 23.6 Å². The molecule has 0 aliphatic rings. The van der Waals surface area contributed by atoms with Gasteiger partial charge in [0.05, 0.1) is 6.61 Å². The Morgan fingerprint density at radius 3 is 2.68 bits per heavy atom. The maximum atomic E-state index is 11.9. The summed E-state index contributed by atoms with van der Waals surface area (Å²) in [6.07, 6.45) is 1.47. The van der Waals surface area contributed by atoms with Gasteiger partial charge in [0, 0.05) is 10.5 Å². The third-order valence-corrected chi connectivity index (χ3v) is 3.34. The highest BCUT2D eigenvalue weighted by molar-refractivity contribution is 5.93. The minimum absolute atomic E-state index is 0.113. The van der Waals surface area contributed by atoms with Gasteiger partial charge in [0.1, 0.15) is 18.1 Å². The number of aryl methyl sites for hydroxylation is 1. The Morgan fingerprint density at radius 1 is 1.24 bits per heavy atom. The van der Waals surface area contributed by atoms with Crippen LogP contribution in [0.5, 0.6) is 5.75 Å². The molecule has 0 aliphatic carbocycles. The lowest BCUT2D eigenvalue weighted by Gasteiger charge is -2.11. The highest BCUT2D eigenvalue weighted by Crippen LogP contribution is 2.25. The summed E-state index contributed by atoms with van der Waals surface area (Å²) in [5.74, 6) is -0.0753. The lowest BCUT2D eigenvalue weighted by atomic mass is 10.1. The molecular formula is C19H19N3O3. The molecule has 0 bridgehead atoms. The Balaban J connectivity index is 2.31. The maximum absolute atomic E-state index is 11.9. The number of nitrogens with zero attached hydrogens (tertiary/aromatic N) is 3. The summed E-state index contributed by atoms with van der Waals surface area (Å²) in [4.78, 5) is 14.6. The zero-order chi connectivity index (χ0) is 18.1. The van der Waals surface area contributed by atoms with E-state index in [-0.39, 0.29) is 12.3 Å². The molecule has 0 saturated carbocycles. The highest BCUT2D eigenvalue weighted by atomic mass is 16.5. The van der Waals surface area contributed by atoms with Crippen LogP contribution in [0.25, 0.3) is 16.5 Å². The van der Waals surface area contributed by atoms with Crippen molar-refractivity contribution in [2.45, 2.75) is 20.5 Å². The standard InChI is InChI=1S/C19H19N3O3/c1-3-24-19(23)17(21-22-20)12-16-10-9-14(2)11-18(16)25-13-15-7-5-4-6-8-15/h4-12H,3,13H2,1-2H3/b17-12-. The third-order valence-electron chi connectivity index (χ3n) is 3.34. The molecule has 2 aromatic rings.